The van der Waals surface area contributed by atoms with Crippen LogP contribution >= 0.6 is 11.8 Å². The van der Waals surface area contributed by atoms with Crippen molar-refractivity contribution in [2.24, 2.45) is 10.7 Å². The Morgan fingerprint density at radius 3 is 2.74 bits per heavy atom. The number of nitrogens with zero attached hydrogens (tertiary/aromatic N) is 3. The van der Waals surface area contributed by atoms with Gasteiger partial charge in [-0.05, 0) is 61.1 Å². The summed E-state index contributed by atoms with van der Waals surface area (Å²) in [6.45, 7) is 0.102. The summed E-state index contributed by atoms with van der Waals surface area (Å²) in [5.41, 5.74) is 8.05. The lowest BCUT2D eigenvalue weighted by atomic mass is 9.90. The van der Waals surface area contributed by atoms with Crippen LogP contribution in [0, 0.1) is 17.1 Å². The van der Waals surface area contributed by atoms with Gasteiger partial charge in [-0.1, -0.05) is 11.8 Å². The summed E-state index contributed by atoms with van der Waals surface area (Å²) in [4.78, 5) is 17.7. The first-order chi connectivity index (χ1) is 15.0. The molecule has 164 valence electrons. The second kappa shape index (κ2) is 12.6. The second-order valence-corrected chi connectivity index (χ2v) is 7.99. The number of benzene rings is 1. The zero-order valence-corrected chi connectivity index (χ0v) is 18.0. The van der Waals surface area contributed by atoms with Crippen molar-refractivity contribution in [2.45, 2.75) is 31.4 Å². The van der Waals surface area contributed by atoms with Crippen molar-refractivity contribution in [1.82, 2.24) is 4.98 Å². The summed E-state index contributed by atoms with van der Waals surface area (Å²) in [6, 6.07) is 9.95. The molecule has 2 atom stereocenters. The number of anilines is 1. The fourth-order valence-electron chi connectivity index (χ4n) is 3.02. The van der Waals surface area contributed by atoms with Gasteiger partial charge < -0.3 is 11.1 Å². The normalized spacial score (nSPS) is 19.1. The predicted octanol–water partition coefficient (Wildman–Crippen LogP) is 4.29. The summed E-state index contributed by atoms with van der Waals surface area (Å²) < 4.78 is 27.9. The highest BCUT2D eigenvalue weighted by molar-refractivity contribution is 8.13. The number of aldehydes is 1. The summed E-state index contributed by atoms with van der Waals surface area (Å²) in [7, 11) is 1.80. The maximum absolute atomic E-state index is 14.1. The molecule has 0 spiro atoms. The Kier molecular flexibility index (Phi) is 9.91. The fraction of sp³-hybridized carbons (Fsp3) is 0.364. The zero-order chi connectivity index (χ0) is 22.6. The smallest absolute Gasteiger partial charge is 0.168 e. The lowest BCUT2D eigenvalue weighted by molar-refractivity contribution is 0.111. The van der Waals surface area contributed by atoms with Gasteiger partial charge in [0.25, 0.3) is 0 Å². The molecular weight excluding hydrogens is 420 g/mol. The van der Waals surface area contributed by atoms with Crippen molar-refractivity contribution in [3.8, 4) is 6.07 Å². The van der Waals surface area contributed by atoms with Crippen molar-refractivity contribution in [3.63, 3.8) is 0 Å². The molecule has 9 heteroatoms. The Morgan fingerprint density at radius 2 is 2.10 bits per heavy atom. The van der Waals surface area contributed by atoms with Crippen LogP contribution in [0.3, 0.4) is 0 Å². The van der Waals surface area contributed by atoms with Gasteiger partial charge in [-0.15, -0.1) is 0 Å². The number of hydrogen-bond donors (Lipinski definition) is 2. The molecule has 6 nitrogen and oxygen atoms in total. The number of carbonyl (C=O) groups is 1. The molecule has 0 aliphatic carbocycles. The minimum absolute atomic E-state index is 0.00921. The minimum Gasteiger partial charge on any atom is -0.388 e. The lowest BCUT2D eigenvalue weighted by Crippen LogP contribution is -2.16. The molecule has 0 amide bonds. The number of amidine groups is 1. The van der Waals surface area contributed by atoms with Gasteiger partial charge >= 0.3 is 0 Å². The van der Waals surface area contributed by atoms with Crippen molar-refractivity contribution in [3.05, 3.63) is 59.2 Å². The molecule has 0 radical (unpaired) electrons. The van der Waals surface area contributed by atoms with E-state index >= 15 is 0 Å². The third kappa shape index (κ3) is 7.98. The van der Waals surface area contributed by atoms with Gasteiger partial charge in [-0.3, -0.25) is 14.8 Å². The lowest BCUT2D eigenvalue weighted by Gasteiger charge is -2.20. The van der Waals surface area contributed by atoms with Gasteiger partial charge in [-0.2, -0.15) is 5.26 Å². The molecule has 0 bridgehead atoms. The molecule has 2 heterocycles. The highest BCUT2D eigenvalue weighted by Gasteiger charge is 2.20. The number of carbonyl (C=O) groups excluding carboxylic acids is 1. The van der Waals surface area contributed by atoms with Crippen molar-refractivity contribution in [2.75, 3.05) is 24.7 Å². The highest BCUT2D eigenvalue weighted by atomic mass is 32.2. The second-order valence-electron chi connectivity index (χ2n) is 6.88. The van der Waals surface area contributed by atoms with E-state index in [0.717, 1.165) is 17.9 Å². The van der Waals surface area contributed by atoms with E-state index in [4.69, 9.17) is 11.0 Å². The third-order valence-electron chi connectivity index (χ3n) is 4.75. The average molecular weight is 446 g/mol. The van der Waals surface area contributed by atoms with Crippen LogP contribution < -0.4 is 11.1 Å². The van der Waals surface area contributed by atoms with Crippen LogP contribution in [-0.4, -0.2) is 42.0 Å². The van der Waals surface area contributed by atoms with Crippen molar-refractivity contribution >= 4 is 28.9 Å². The number of pyridine rings is 1. The van der Waals surface area contributed by atoms with E-state index in [-0.39, 0.29) is 18.3 Å². The molecule has 1 aliphatic rings. The Labute approximate surface area is 185 Å². The first kappa shape index (κ1) is 24.3. The maximum Gasteiger partial charge on any atom is 0.168 e. The SMILES string of the molecule is CNc1ccc(F)c(C2CCSC(N)=NCC(F)CC2)c1.N#Cc1ccc(C=O)nc1. The van der Waals surface area contributed by atoms with Crippen LogP contribution in [-0.2, 0) is 0 Å². The molecule has 0 saturated carbocycles. The van der Waals surface area contributed by atoms with Crippen LogP contribution in [0.5, 0.6) is 0 Å². The fourth-order valence-corrected chi connectivity index (χ4v) is 3.80. The first-order valence-electron chi connectivity index (χ1n) is 9.82. The molecular formula is C22H25F2N5OS. The Bertz CT molecular complexity index is 930. The van der Waals surface area contributed by atoms with Crippen LogP contribution in [0.2, 0.25) is 0 Å². The monoisotopic (exact) mass is 445 g/mol. The largest absolute Gasteiger partial charge is 0.388 e. The number of halogens is 2. The van der Waals surface area contributed by atoms with Gasteiger partial charge in [0.05, 0.1) is 12.1 Å². The molecule has 3 rings (SSSR count). The van der Waals surface area contributed by atoms with Gasteiger partial charge in [0.2, 0.25) is 0 Å². The van der Waals surface area contributed by atoms with Crippen molar-refractivity contribution in [1.29, 1.82) is 5.26 Å². The number of nitrogens with two attached hydrogens (primary N) is 1. The molecule has 0 fully saturated rings. The number of alkyl halides is 1. The van der Waals surface area contributed by atoms with E-state index in [2.05, 4.69) is 15.3 Å². The standard InChI is InChI=1S/C15H21F2N3S.C7H4N2O/c1-19-12-4-5-14(17)13(8-12)10-2-3-11(16)9-20-15(18)21-7-6-10;8-3-6-1-2-7(5-10)9-4-6/h4-5,8,10-11,19H,2-3,6-7,9H2,1H3,(H2,18,20);1-2,4-5H. The van der Waals surface area contributed by atoms with Crippen LogP contribution in [0.25, 0.3) is 0 Å². The molecule has 3 N–H and O–H groups in total. The van der Waals surface area contributed by atoms with Gasteiger partial charge in [0.15, 0.2) is 11.5 Å². The van der Waals surface area contributed by atoms with Gasteiger partial charge in [0, 0.05) is 24.7 Å². The average Bonchev–Trinajstić information content (AvgIpc) is 2.80. The summed E-state index contributed by atoms with van der Waals surface area (Å²) in [5, 5.41) is 11.8. The molecule has 0 saturated heterocycles. The number of rotatable bonds is 3. The van der Waals surface area contributed by atoms with Crippen LogP contribution in [0.4, 0.5) is 14.5 Å². The first-order valence-corrected chi connectivity index (χ1v) is 10.8. The summed E-state index contributed by atoms with van der Waals surface area (Å²) >= 11 is 1.41. The molecule has 1 aromatic carbocycles. The quantitative estimate of drug-likeness (QED) is 0.683. The minimum atomic E-state index is -1.01. The summed E-state index contributed by atoms with van der Waals surface area (Å²) in [6.07, 6.45) is 2.76. The van der Waals surface area contributed by atoms with E-state index in [0.29, 0.717) is 41.1 Å². The number of nitriles is 1. The molecule has 1 aliphatic heterocycles. The number of thioether (sulfide) groups is 1. The van der Waals surface area contributed by atoms with Crippen LogP contribution in [0.15, 0.2) is 41.5 Å². The van der Waals surface area contributed by atoms with E-state index in [1.165, 1.54) is 30.1 Å². The van der Waals surface area contributed by atoms with E-state index in [1.807, 2.05) is 12.1 Å². The molecule has 2 unspecified atom stereocenters. The Balaban J connectivity index is 0.000000285. The Morgan fingerprint density at radius 1 is 1.29 bits per heavy atom. The van der Waals surface area contributed by atoms with E-state index in [9.17, 15) is 13.6 Å². The van der Waals surface area contributed by atoms with Gasteiger partial charge in [-0.25, -0.2) is 8.78 Å². The third-order valence-corrected chi connectivity index (χ3v) is 5.62. The zero-order valence-electron chi connectivity index (χ0n) is 17.2. The summed E-state index contributed by atoms with van der Waals surface area (Å²) in [5.74, 6) is 0.549. The molecule has 2 aromatic rings. The number of hydrogen-bond acceptors (Lipinski definition) is 7. The van der Waals surface area contributed by atoms with E-state index < -0.39 is 6.17 Å². The molecule has 1 aromatic heterocycles. The van der Waals surface area contributed by atoms with Gasteiger partial charge in [0.1, 0.15) is 23.8 Å². The number of nitrogens with one attached hydrogen (secondary N) is 1. The maximum atomic E-state index is 14.1. The number of aromatic nitrogens is 1. The highest BCUT2D eigenvalue weighted by Crippen LogP contribution is 2.32. The van der Waals surface area contributed by atoms with E-state index in [1.54, 1.807) is 19.2 Å². The Hall–Kier alpha value is -2.99. The topological polar surface area (TPSA) is 104 Å². The molecule has 31 heavy (non-hydrogen) atoms. The predicted molar refractivity (Wildman–Crippen MR) is 121 cm³/mol. The number of aliphatic imine (C=N–C) groups is 1. The van der Waals surface area contributed by atoms with Crippen molar-refractivity contribution < 1.29 is 13.6 Å². The van der Waals surface area contributed by atoms with Crippen LogP contribution in [0.1, 0.15) is 46.8 Å².